The number of benzene rings is 1. The van der Waals surface area contributed by atoms with Crippen molar-refractivity contribution in [1.82, 2.24) is 10.3 Å². The van der Waals surface area contributed by atoms with Crippen LogP contribution in [0.1, 0.15) is 26.5 Å². The van der Waals surface area contributed by atoms with Crippen LogP contribution in [-0.2, 0) is 11.2 Å². The van der Waals surface area contributed by atoms with E-state index in [1.54, 1.807) is 12.1 Å². The molecule has 0 bridgehead atoms. The summed E-state index contributed by atoms with van der Waals surface area (Å²) in [5.41, 5.74) is 1.19. The molecule has 5 heteroatoms. The number of thiazole rings is 1. The SMILES string of the molecule is CC(C)(C)NC(=O)Cc1csc(-c2cccc(F)c2)n1. The number of nitrogens with one attached hydrogen (secondary N) is 1. The summed E-state index contributed by atoms with van der Waals surface area (Å²) in [7, 11) is 0. The van der Waals surface area contributed by atoms with E-state index in [-0.39, 0.29) is 23.7 Å². The molecule has 1 amide bonds. The molecule has 1 aromatic carbocycles. The number of carbonyl (C=O) groups excluding carboxylic acids is 1. The van der Waals surface area contributed by atoms with Gasteiger partial charge in [-0.1, -0.05) is 12.1 Å². The molecule has 0 radical (unpaired) electrons. The lowest BCUT2D eigenvalue weighted by Crippen LogP contribution is -2.41. The molecule has 0 fully saturated rings. The van der Waals surface area contributed by atoms with Crippen molar-refractivity contribution in [3.8, 4) is 10.6 Å². The maximum atomic E-state index is 13.2. The Labute approximate surface area is 121 Å². The van der Waals surface area contributed by atoms with Crippen LogP contribution >= 0.6 is 11.3 Å². The third-order valence-corrected chi connectivity index (χ3v) is 3.42. The molecule has 2 aromatic rings. The van der Waals surface area contributed by atoms with Crippen molar-refractivity contribution in [2.75, 3.05) is 0 Å². The molecule has 3 nitrogen and oxygen atoms in total. The van der Waals surface area contributed by atoms with E-state index in [0.717, 1.165) is 10.6 Å². The van der Waals surface area contributed by atoms with Gasteiger partial charge in [-0.15, -0.1) is 11.3 Å². The third-order valence-electron chi connectivity index (χ3n) is 2.48. The molecule has 0 spiro atoms. The number of nitrogens with zero attached hydrogens (tertiary/aromatic N) is 1. The fourth-order valence-corrected chi connectivity index (χ4v) is 2.59. The Morgan fingerprint density at radius 3 is 2.80 bits per heavy atom. The lowest BCUT2D eigenvalue weighted by Gasteiger charge is -2.20. The highest BCUT2D eigenvalue weighted by molar-refractivity contribution is 7.13. The molecule has 1 aromatic heterocycles. The second kappa shape index (κ2) is 5.71. The zero-order valence-corrected chi connectivity index (χ0v) is 12.6. The Balaban J connectivity index is 2.08. The van der Waals surface area contributed by atoms with E-state index >= 15 is 0 Å². The highest BCUT2D eigenvalue weighted by Gasteiger charge is 2.15. The molecular formula is C15H17FN2OS. The van der Waals surface area contributed by atoms with Gasteiger partial charge in [0.25, 0.3) is 0 Å². The minimum atomic E-state index is -0.287. The van der Waals surface area contributed by atoms with Crippen molar-refractivity contribution < 1.29 is 9.18 Å². The van der Waals surface area contributed by atoms with Gasteiger partial charge in [0, 0.05) is 16.5 Å². The molecule has 0 atom stereocenters. The normalized spacial score (nSPS) is 11.4. The molecule has 0 aliphatic carbocycles. The van der Waals surface area contributed by atoms with Crippen molar-refractivity contribution in [2.45, 2.75) is 32.7 Å². The van der Waals surface area contributed by atoms with Crippen molar-refractivity contribution >= 4 is 17.2 Å². The van der Waals surface area contributed by atoms with Crippen molar-refractivity contribution in [3.05, 3.63) is 41.2 Å². The maximum absolute atomic E-state index is 13.2. The summed E-state index contributed by atoms with van der Waals surface area (Å²) in [6, 6.07) is 6.30. The van der Waals surface area contributed by atoms with Gasteiger partial charge in [-0.05, 0) is 32.9 Å². The average Bonchev–Trinajstić information content (AvgIpc) is 2.74. The lowest BCUT2D eigenvalue weighted by molar-refractivity contribution is -0.121. The Morgan fingerprint density at radius 1 is 1.40 bits per heavy atom. The minimum absolute atomic E-state index is 0.0615. The van der Waals surface area contributed by atoms with E-state index < -0.39 is 0 Å². The number of halogens is 1. The van der Waals surface area contributed by atoms with E-state index in [1.807, 2.05) is 26.2 Å². The van der Waals surface area contributed by atoms with Crippen molar-refractivity contribution in [2.24, 2.45) is 0 Å². The van der Waals surface area contributed by atoms with Gasteiger partial charge in [0.1, 0.15) is 10.8 Å². The first-order valence-corrected chi connectivity index (χ1v) is 7.23. The van der Waals surface area contributed by atoms with Crippen LogP contribution in [0.25, 0.3) is 10.6 Å². The van der Waals surface area contributed by atoms with Crippen LogP contribution in [0.2, 0.25) is 0 Å². The Kier molecular flexibility index (Phi) is 4.18. The highest BCUT2D eigenvalue weighted by Crippen LogP contribution is 2.24. The van der Waals surface area contributed by atoms with Gasteiger partial charge in [0.2, 0.25) is 5.91 Å². The Morgan fingerprint density at radius 2 is 2.15 bits per heavy atom. The molecule has 20 heavy (non-hydrogen) atoms. The van der Waals surface area contributed by atoms with E-state index in [9.17, 15) is 9.18 Å². The molecule has 1 N–H and O–H groups in total. The molecule has 106 valence electrons. The fraction of sp³-hybridized carbons (Fsp3) is 0.333. The maximum Gasteiger partial charge on any atom is 0.226 e. The summed E-state index contributed by atoms with van der Waals surface area (Å²) in [6.07, 6.45) is 0.239. The van der Waals surface area contributed by atoms with Crippen LogP contribution in [0.3, 0.4) is 0 Å². The highest BCUT2D eigenvalue weighted by atomic mass is 32.1. The monoisotopic (exact) mass is 292 g/mol. The zero-order chi connectivity index (χ0) is 14.8. The number of amides is 1. The van der Waals surface area contributed by atoms with Crippen LogP contribution in [0.15, 0.2) is 29.6 Å². The number of carbonyl (C=O) groups is 1. The smallest absolute Gasteiger partial charge is 0.226 e. The minimum Gasteiger partial charge on any atom is -0.351 e. The molecule has 0 saturated carbocycles. The molecule has 0 aliphatic rings. The summed E-state index contributed by atoms with van der Waals surface area (Å²) in [4.78, 5) is 16.2. The standard InChI is InChI=1S/C15H17FN2OS/c1-15(2,3)18-13(19)8-12-9-20-14(17-12)10-5-4-6-11(16)7-10/h4-7,9H,8H2,1-3H3,(H,18,19). The Hall–Kier alpha value is -1.75. The fourth-order valence-electron chi connectivity index (χ4n) is 1.77. The summed E-state index contributed by atoms with van der Waals surface area (Å²) in [5.74, 6) is -0.349. The summed E-state index contributed by atoms with van der Waals surface area (Å²) < 4.78 is 13.2. The van der Waals surface area contributed by atoms with Crippen LogP contribution < -0.4 is 5.32 Å². The largest absolute Gasteiger partial charge is 0.351 e. The predicted molar refractivity (Wildman–Crippen MR) is 79.1 cm³/mol. The van der Waals surface area contributed by atoms with Crippen LogP contribution in [0, 0.1) is 5.82 Å². The van der Waals surface area contributed by atoms with E-state index in [1.165, 1.54) is 23.5 Å². The molecule has 2 rings (SSSR count). The lowest BCUT2D eigenvalue weighted by atomic mass is 10.1. The van der Waals surface area contributed by atoms with Crippen molar-refractivity contribution in [1.29, 1.82) is 0 Å². The van der Waals surface area contributed by atoms with Gasteiger partial charge < -0.3 is 5.32 Å². The van der Waals surface area contributed by atoms with E-state index in [2.05, 4.69) is 10.3 Å². The van der Waals surface area contributed by atoms with Gasteiger partial charge >= 0.3 is 0 Å². The number of rotatable bonds is 3. The summed E-state index contributed by atoms with van der Waals surface area (Å²) in [5, 5.41) is 5.45. The molecule has 1 heterocycles. The van der Waals surface area contributed by atoms with Gasteiger partial charge in [0.15, 0.2) is 0 Å². The van der Waals surface area contributed by atoms with Gasteiger partial charge in [-0.3, -0.25) is 4.79 Å². The molecule has 0 aliphatic heterocycles. The van der Waals surface area contributed by atoms with Gasteiger partial charge in [-0.25, -0.2) is 9.37 Å². The van der Waals surface area contributed by atoms with E-state index in [0.29, 0.717) is 5.69 Å². The third kappa shape index (κ3) is 4.13. The topological polar surface area (TPSA) is 42.0 Å². The number of aromatic nitrogens is 1. The first kappa shape index (κ1) is 14.7. The van der Waals surface area contributed by atoms with Crippen LogP contribution in [-0.4, -0.2) is 16.4 Å². The predicted octanol–water partition coefficient (Wildman–Crippen LogP) is 3.41. The number of hydrogen-bond donors (Lipinski definition) is 1. The average molecular weight is 292 g/mol. The molecular weight excluding hydrogens is 275 g/mol. The second-order valence-corrected chi connectivity index (χ2v) is 6.49. The summed E-state index contributed by atoms with van der Waals surface area (Å²) in [6.45, 7) is 5.80. The zero-order valence-electron chi connectivity index (χ0n) is 11.7. The van der Waals surface area contributed by atoms with Crippen LogP contribution in [0.4, 0.5) is 4.39 Å². The first-order chi connectivity index (χ1) is 9.33. The van der Waals surface area contributed by atoms with Gasteiger partial charge in [-0.2, -0.15) is 0 Å². The molecule has 0 saturated heterocycles. The second-order valence-electron chi connectivity index (χ2n) is 5.63. The first-order valence-electron chi connectivity index (χ1n) is 6.35. The summed E-state index contributed by atoms with van der Waals surface area (Å²) >= 11 is 1.41. The van der Waals surface area contributed by atoms with Gasteiger partial charge in [0.05, 0.1) is 12.1 Å². The molecule has 0 unspecified atom stereocenters. The van der Waals surface area contributed by atoms with Crippen molar-refractivity contribution in [3.63, 3.8) is 0 Å². The Bertz CT molecular complexity index is 616. The van der Waals surface area contributed by atoms with Crippen LogP contribution in [0.5, 0.6) is 0 Å². The van der Waals surface area contributed by atoms with E-state index in [4.69, 9.17) is 0 Å². The number of hydrogen-bond acceptors (Lipinski definition) is 3. The quantitative estimate of drug-likeness (QED) is 0.942.